The summed E-state index contributed by atoms with van der Waals surface area (Å²) in [6.07, 6.45) is 0.948. The Morgan fingerprint density at radius 3 is 2.85 bits per heavy atom. The molecule has 3 rings (SSSR count). The first-order valence-corrected chi connectivity index (χ1v) is 6.55. The number of rotatable bonds is 2. The first kappa shape index (κ1) is 13.1. The third-order valence-electron chi connectivity index (χ3n) is 3.60. The molecule has 1 aliphatic heterocycles. The van der Waals surface area contributed by atoms with E-state index < -0.39 is 17.7 Å². The number of nitrogens with two attached hydrogens (primary N) is 1. The van der Waals surface area contributed by atoms with Crippen LogP contribution in [0.25, 0.3) is 0 Å². The van der Waals surface area contributed by atoms with Gasteiger partial charge >= 0.3 is 0 Å². The van der Waals surface area contributed by atoms with E-state index in [1.807, 2.05) is 19.1 Å². The number of benzene rings is 2. The van der Waals surface area contributed by atoms with Crippen LogP contribution in [-0.4, -0.2) is 6.10 Å². The number of ether oxygens (including phenoxy) is 1. The molecular weight excluding hydrogens is 260 g/mol. The maximum atomic E-state index is 13.8. The summed E-state index contributed by atoms with van der Waals surface area (Å²) in [4.78, 5) is 0. The van der Waals surface area contributed by atoms with E-state index in [1.54, 1.807) is 6.07 Å². The van der Waals surface area contributed by atoms with Crippen molar-refractivity contribution in [3.63, 3.8) is 0 Å². The molecule has 0 amide bonds. The van der Waals surface area contributed by atoms with E-state index in [0.29, 0.717) is 0 Å². The minimum Gasteiger partial charge on any atom is -0.490 e. The van der Waals surface area contributed by atoms with Crippen LogP contribution in [0.4, 0.5) is 8.78 Å². The van der Waals surface area contributed by atoms with Crippen molar-refractivity contribution >= 4 is 0 Å². The Kier molecular flexibility index (Phi) is 3.18. The quantitative estimate of drug-likeness (QED) is 0.912. The maximum Gasteiger partial charge on any atom is 0.163 e. The van der Waals surface area contributed by atoms with Gasteiger partial charge in [-0.2, -0.15) is 0 Å². The Morgan fingerprint density at radius 1 is 1.25 bits per heavy atom. The molecule has 0 radical (unpaired) electrons. The van der Waals surface area contributed by atoms with Gasteiger partial charge in [-0.15, -0.1) is 0 Å². The van der Waals surface area contributed by atoms with E-state index in [1.165, 1.54) is 12.1 Å². The van der Waals surface area contributed by atoms with Crippen molar-refractivity contribution in [2.24, 2.45) is 5.73 Å². The number of fused-ring (bicyclic) bond motifs is 1. The summed E-state index contributed by atoms with van der Waals surface area (Å²) in [7, 11) is 0. The molecule has 0 fully saturated rings. The van der Waals surface area contributed by atoms with Crippen LogP contribution in [0.15, 0.2) is 36.4 Å². The standard InChI is InChI=1S/C16H15F2NO/c1-9-7-11-8-10(5-6-14(11)20-9)16(19)12-3-2-4-13(17)15(12)18/h2-6,8-9,16H,7,19H2,1H3. The molecule has 2 atom stereocenters. The van der Waals surface area contributed by atoms with Gasteiger partial charge in [0.2, 0.25) is 0 Å². The van der Waals surface area contributed by atoms with E-state index in [2.05, 4.69) is 0 Å². The molecule has 0 aliphatic carbocycles. The van der Waals surface area contributed by atoms with Gasteiger partial charge in [0, 0.05) is 12.0 Å². The smallest absolute Gasteiger partial charge is 0.163 e. The van der Waals surface area contributed by atoms with Crippen LogP contribution in [-0.2, 0) is 6.42 Å². The summed E-state index contributed by atoms with van der Waals surface area (Å²) in [5.74, 6) is -0.922. The highest BCUT2D eigenvalue weighted by molar-refractivity contribution is 5.44. The van der Waals surface area contributed by atoms with Crippen molar-refractivity contribution in [2.45, 2.75) is 25.5 Å². The molecule has 0 bridgehead atoms. The summed E-state index contributed by atoms with van der Waals surface area (Å²) in [5.41, 5.74) is 8.04. The molecular formula is C16H15F2NO. The predicted molar refractivity (Wildman–Crippen MR) is 72.6 cm³/mol. The molecule has 104 valence electrons. The molecule has 0 aromatic heterocycles. The van der Waals surface area contributed by atoms with E-state index in [0.717, 1.165) is 29.4 Å². The van der Waals surface area contributed by atoms with E-state index in [9.17, 15) is 8.78 Å². The Labute approximate surface area is 116 Å². The van der Waals surface area contributed by atoms with Gasteiger partial charge in [0.15, 0.2) is 11.6 Å². The molecule has 0 saturated heterocycles. The zero-order valence-corrected chi connectivity index (χ0v) is 11.1. The Balaban J connectivity index is 1.97. The normalized spacial score (nSPS) is 18.5. The fourth-order valence-electron chi connectivity index (χ4n) is 2.58. The third kappa shape index (κ3) is 2.16. The van der Waals surface area contributed by atoms with Crippen LogP contribution in [0.1, 0.15) is 29.7 Å². The lowest BCUT2D eigenvalue weighted by Crippen LogP contribution is -2.14. The fraction of sp³-hybridized carbons (Fsp3) is 0.250. The Morgan fingerprint density at radius 2 is 2.05 bits per heavy atom. The summed E-state index contributed by atoms with van der Waals surface area (Å²) in [5, 5.41) is 0. The highest BCUT2D eigenvalue weighted by Crippen LogP contribution is 2.32. The van der Waals surface area contributed by atoms with Gasteiger partial charge in [0.1, 0.15) is 11.9 Å². The lowest BCUT2D eigenvalue weighted by atomic mass is 9.96. The average Bonchev–Trinajstić information content (AvgIpc) is 2.80. The topological polar surface area (TPSA) is 35.2 Å². The SMILES string of the molecule is CC1Cc2cc(C(N)c3cccc(F)c3F)ccc2O1. The van der Waals surface area contributed by atoms with Gasteiger partial charge in [0.05, 0.1) is 6.04 Å². The second-order valence-electron chi connectivity index (χ2n) is 5.12. The van der Waals surface area contributed by atoms with Crippen LogP contribution in [0.3, 0.4) is 0 Å². The van der Waals surface area contributed by atoms with Crippen LogP contribution in [0.2, 0.25) is 0 Å². The molecule has 2 unspecified atom stereocenters. The van der Waals surface area contributed by atoms with Crippen molar-refractivity contribution in [3.8, 4) is 5.75 Å². The van der Waals surface area contributed by atoms with Gasteiger partial charge < -0.3 is 10.5 Å². The molecule has 2 N–H and O–H groups in total. The molecule has 20 heavy (non-hydrogen) atoms. The Bertz CT molecular complexity index is 657. The number of hydrogen-bond acceptors (Lipinski definition) is 2. The monoisotopic (exact) mass is 275 g/mol. The maximum absolute atomic E-state index is 13.8. The molecule has 1 aliphatic rings. The summed E-state index contributed by atoms with van der Waals surface area (Å²) in [6.45, 7) is 1.99. The zero-order chi connectivity index (χ0) is 14.3. The van der Waals surface area contributed by atoms with E-state index in [4.69, 9.17) is 10.5 Å². The first-order valence-electron chi connectivity index (χ1n) is 6.55. The van der Waals surface area contributed by atoms with E-state index in [-0.39, 0.29) is 11.7 Å². The number of halogens is 2. The van der Waals surface area contributed by atoms with Gasteiger partial charge in [-0.25, -0.2) is 8.78 Å². The van der Waals surface area contributed by atoms with Gasteiger partial charge in [0.25, 0.3) is 0 Å². The minimum absolute atomic E-state index is 0.141. The van der Waals surface area contributed by atoms with Gasteiger partial charge in [-0.1, -0.05) is 24.3 Å². The van der Waals surface area contributed by atoms with Gasteiger partial charge in [-0.3, -0.25) is 0 Å². The van der Waals surface area contributed by atoms with Crippen molar-refractivity contribution < 1.29 is 13.5 Å². The summed E-state index contributed by atoms with van der Waals surface area (Å²) >= 11 is 0. The first-order chi connectivity index (χ1) is 9.56. The van der Waals surface area contributed by atoms with Crippen molar-refractivity contribution in [1.29, 1.82) is 0 Å². The lowest BCUT2D eigenvalue weighted by Gasteiger charge is -2.14. The van der Waals surface area contributed by atoms with Crippen molar-refractivity contribution in [2.75, 3.05) is 0 Å². The summed E-state index contributed by atoms with van der Waals surface area (Å²) in [6, 6.07) is 8.92. The predicted octanol–water partition coefficient (Wildman–Crippen LogP) is 3.34. The lowest BCUT2D eigenvalue weighted by molar-refractivity contribution is 0.254. The van der Waals surface area contributed by atoms with Gasteiger partial charge in [-0.05, 0) is 30.2 Å². The molecule has 2 aromatic carbocycles. The van der Waals surface area contributed by atoms with E-state index >= 15 is 0 Å². The van der Waals surface area contributed by atoms with Crippen LogP contribution >= 0.6 is 0 Å². The number of hydrogen-bond donors (Lipinski definition) is 1. The van der Waals surface area contributed by atoms with Crippen molar-refractivity contribution in [3.05, 3.63) is 64.7 Å². The van der Waals surface area contributed by atoms with Crippen LogP contribution in [0.5, 0.6) is 5.75 Å². The largest absolute Gasteiger partial charge is 0.490 e. The highest BCUT2D eigenvalue weighted by atomic mass is 19.2. The molecule has 2 nitrogen and oxygen atoms in total. The molecule has 0 saturated carbocycles. The summed E-state index contributed by atoms with van der Waals surface area (Å²) < 4.78 is 32.7. The third-order valence-corrected chi connectivity index (χ3v) is 3.60. The fourth-order valence-corrected chi connectivity index (χ4v) is 2.58. The molecule has 2 aromatic rings. The van der Waals surface area contributed by atoms with Crippen LogP contribution in [0, 0.1) is 11.6 Å². The van der Waals surface area contributed by atoms with Crippen molar-refractivity contribution in [1.82, 2.24) is 0 Å². The molecule has 0 spiro atoms. The second kappa shape index (κ2) is 4.87. The molecule has 1 heterocycles. The van der Waals surface area contributed by atoms with Crippen LogP contribution < -0.4 is 10.5 Å². The second-order valence-corrected chi connectivity index (χ2v) is 5.12. The minimum atomic E-state index is -0.884. The highest BCUT2D eigenvalue weighted by Gasteiger charge is 2.22. The molecule has 4 heteroatoms. The Hall–Kier alpha value is -1.94. The zero-order valence-electron chi connectivity index (χ0n) is 11.1. The average molecular weight is 275 g/mol.